The Kier molecular flexibility index (Phi) is 4.36. The number of hydrogen-bond donors (Lipinski definition) is 0. The average Bonchev–Trinajstić information content (AvgIpc) is 2.92. The van der Waals surface area contributed by atoms with Gasteiger partial charge in [0, 0.05) is 44.4 Å². The van der Waals surface area contributed by atoms with Gasteiger partial charge in [0.05, 0.1) is 17.9 Å². The first-order valence-electron chi connectivity index (χ1n) is 7.97. The normalized spacial score (nSPS) is 22.2. The Morgan fingerprint density at radius 3 is 2.91 bits per heavy atom. The quantitative estimate of drug-likeness (QED) is 0.839. The van der Waals surface area contributed by atoms with Gasteiger partial charge in [-0.2, -0.15) is 0 Å². The van der Waals surface area contributed by atoms with E-state index in [0.29, 0.717) is 19.5 Å². The van der Waals surface area contributed by atoms with Crippen LogP contribution >= 0.6 is 0 Å². The zero-order chi connectivity index (χ0) is 15.5. The van der Waals surface area contributed by atoms with Crippen molar-refractivity contribution in [3.05, 3.63) is 23.8 Å². The van der Waals surface area contributed by atoms with Gasteiger partial charge in [-0.15, -0.1) is 0 Å². The van der Waals surface area contributed by atoms with Crippen LogP contribution in [0, 0.1) is 6.92 Å². The molecule has 2 fully saturated rings. The lowest BCUT2D eigenvalue weighted by Gasteiger charge is -2.33. The van der Waals surface area contributed by atoms with Gasteiger partial charge in [-0.3, -0.25) is 19.6 Å². The summed E-state index contributed by atoms with van der Waals surface area (Å²) in [6, 6.07) is 0. The highest BCUT2D eigenvalue weighted by atomic mass is 16.2. The van der Waals surface area contributed by atoms with Crippen LogP contribution in [0.3, 0.4) is 0 Å². The van der Waals surface area contributed by atoms with E-state index >= 15 is 0 Å². The molecule has 3 heterocycles. The summed E-state index contributed by atoms with van der Waals surface area (Å²) in [6.07, 6.45) is 7.00. The van der Waals surface area contributed by atoms with E-state index in [1.54, 1.807) is 17.3 Å². The van der Waals surface area contributed by atoms with Gasteiger partial charge in [0.1, 0.15) is 0 Å². The number of piperidine rings is 1. The lowest BCUT2D eigenvalue weighted by Crippen LogP contribution is -2.45. The van der Waals surface area contributed by atoms with Crippen LogP contribution in [0.25, 0.3) is 0 Å². The molecule has 0 N–H and O–H groups in total. The molecule has 1 aromatic rings. The Hall–Kier alpha value is -1.98. The van der Waals surface area contributed by atoms with Gasteiger partial charge >= 0.3 is 0 Å². The highest BCUT2D eigenvalue weighted by Gasteiger charge is 2.29. The van der Waals surface area contributed by atoms with Gasteiger partial charge in [0.15, 0.2) is 0 Å². The SMILES string of the molecule is Cc1cncc([C@H]2CCCN(C(=O)CN3CCCC3=O)C2)n1. The van der Waals surface area contributed by atoms with E-state index < -0.39 is 0 Å². The maximum atomic E-state index is 12.4. The Morgan fingerprint density at radius 2 is 2.18 bits per heavy atom. The van der Waals surface area contributed by atoms with Crippen LogP contribution in [-0.4, -0.2) is 57.8 Å². The number of aromatic nitrogens is 2. The van der Waals surface area contributed by atoms with Crippen LogP contribution < -0.4 is 0 Å². The van der Waals surface area contributed by atoms with Crippen LogP contribution in [0.4, 0.5) is 0 Å². The number of hydrogen-bond acceptors (Lipinski definition) is 4. The molecule has 2 saturated heterocycles. The summed E-state index contributed by atoms with van der Waals surface area (Å²) in [5.74, 6) is 0.409. The largest absolute Gasteiger partial charge is 0.340 e. The molecule has 0 aromatic carbocycles. The van der Waals surface area contributed by atoms with Gasteiger partial charge in [-0.05, 0) is 26.2 Å². The second kappa shape index (κ2) is 6.42. The Labute approximate surface area is 130 Å². The highest BCUT2D eigenvalue weighted by molar-refractivity contribution is 5.86. The first-order chi connectivity index (χ1) is 10.6. The molecule has 2 aliphatic rings. The van der Waals surface area contributed by atoms with Gasteiger partial charge < -0.3 is 9.80 Å². The van der Waals surface area contributed by atoms with E-state index in [0.717, 1.165) is 37.2 Å². The number of nitrogens with zero attached hydrogens (tertiary/aromatic N) is 4. The van der Waals surface area contributed by atoms with Crippen LogP contribution in [0.1, 0.15) is 43.0 Å². The van der Waals surface area contributed by atoms with Crippen molar-refractivity contribution in [3.63, 3.8) is 0 Å². The Bertz CT molecular complexity index is 575. The molecular formula is C16H22N4O2. The second-order valence-corrected chi connectivity index (χ2v) is 6.18. The summed E-state index contributed by atoms with van der Waals surface area (Å²) in [4.78, 5) is 36.4. The number of aryl methyl sites for hydroxylation is 1. The van der Waals surface area contributed by atoms with Crippen molar-refractivity contribution >= 4 is 11.8 Å². The molecule has 0 aliphatic carbocycles. The zero-order valence-corrected chi connectivity index (χ0v) is 13.0. The van der Waals surface area contributed by atoms with Gasteiger partial charge in [0.2, 0.25) is 11.8 Å². The molecule has 3 rings (SSSR count). The lowest BCUT2D eigenvalue weighted by atomic mass is 9.95. The molecule has 0 unspecified atom stereocenters. The molecule has 6 nitrogen and oxygen atoms in total. The van der Waals surface area contributed by atoms with E-state index in [1.807, 2.05) is 11.8 Å². The van der Waals surface area contributed by atoms with Crippen LogP contribution in [0.2, 0.25) is 0 Å². The number of carbonyl (C=O) groups excluding carboxylic acids is 2. The molecule has 0 spiro atoms. The van der Waals surface area contributed by atoms with Crippen molar-refractivity contribution in [3.8, 4) is 0 Å². The molecular weight excluding hydrogens is 280 g/mol. The predicted molar refractivity (Wildman–Crippen MR) is 81.1 cm³/mol. The van der Waals surface area contributed by atoms with E-state index in [2.05, 4.69) is 9.97 Å². The fourth-order valence-corrected chi connectivity index (χ4v) is 3.26. The Balaban J connectivity index is 1.62. The van der Waals surface area contributed by atoms with Crippen molar-refractivity contribution in [2.24, 2.45) is 0 Å². The maximum Gasteiger partial charge on any atom is 0.242 e. The van der Waals surface area contributed by atoms with E-state index in [4.69, 9.17) is 0 Å². The predicted octanol–water partition coefficient (Wildman–Crippen LogP) is 1.11. The van der Waals surface area contributed by atoms with E-state index in [-0.39, 0.29) is 24.3 Å². The third-order valence-electron chi connectivity index (χ3n) is 4.46. The molecule has 2 amide bonds. The minimum Gasteiger partial charge on any atom is -0.340 e. The first-order valence-corrected chi connectivity index (χ1v) is 7.97. The second-order valence-electron chi connectivity index (χ2n) is 6.18. The van der Waals surface area contributed by atoms with Crippen molar-refractivity contribution in [1.82, 2.24) is 19.8 Å². The molecule has 1 atom stereocenters. The molecule has 118 valence electrons. The maximum absolute atomic E-state index is 12.4. The summed E-state index contributed by atoms with van der Waals surface area (Å²) in [5.41, 5.74) is 1.87. The van der Waals surface area contributed by atoms with Crippen molar-refractivity contribution in [2.45, 2.75) is 38.5 Å². The zero-order valence-electron chi connectivity index (χ0n) is 13.0. The monoisotopic (exact) mass is 302 g/mol. The third-order valence-corrected chi connectivity index (χ3v) is 4.46. The van der Waals surface area contributed by atoms with Crippen molar-refractivity contribution in [1.29, 1.82) is 0 Å². The Morgan fingerprint density at radius 1 is 1.32 bits per heavy atom. The smallest absolute Gasteiger partial charge is 0.242 e. The average molecular weight is 302 g/mol. The minimum absolute atomic E-state index is 0.0561. The van der Waals surface area contributed by atoms with Crippen LogP contribution in [-0.2, 0) is 9.59 Å². The van der Waals surface area contributed by atoms with Gasteiger partial charge in [0.25, 0.3) is 0 Å². The topological polar surface area (TPSA) is 66.4 Å². The highest BCUT2D eigenvalue weighted by Crippen LogP contribution is 2.25. The van der Waals surface area contributed by atoms with E-state index in [1.165, 1.54) is 0 Å². The van der Waals surface area contributed by atoms with Crippen molar-refractivity contribution in [2.75, 3.05) is 26.2 Å². The number of amides is 2. The first kappa shape index (κ1) is 14.9. The molecule has 2 aliphatic heterocycles. The number of carbonyl (C=O) groups is 2. The minimum atomic E-state index is 0.0561. The molecule has 6 heteroatoms. The molecule has 0 bridgehead atoms. The fourth-order valence-electron chi connectivity index (χ4n) is 3.26. The molecule has 0 saturated carbocycles. The van der Waals surface area contributed by atoms with Crippen LogP contribution in [0.15, 0.2) is 12.4 Å². The molecule has 0 radical (unpaired) electrons. The molecule has 1 aromatic heterocycles. The summed E-state index contributed by atoms with van der Waals surface area (Å²) in [6.45, 7) is 4.33. The summed E-state index contributed by atoms with van der Waals surface area (Å²) in [7, 11) is 0. The molecule has 22 heavy (non-hydrogen) atoms. The van der Waals surface area contributed by atoms with E-state index in [9.17, 15) is 9.59 Å². The van der Waals surface area contributed by atoms with Crippen LogP contribution in [0.5, 0.6) is 0 Å². The standard InChI is InChI=1S/C16H22N4O2/c1-12-8-17-9-14(18-12)13-4-2-6-19(10-13)16(22)11-20-7-3-5-15(20)21/h8-9,13H,2-7,10-11H2,1H3/t13-/m0/s1. The van der Waals surface area contributed by atoms with Gasteiger partial charge in [-0.25, -0.2) is 0 Å². The number of likely N-dealkylation sites (tertiary alicyclic amines) is 2. The summed E-state index contributed by atoms with van der Waals surface area (Å²) in [5, 5.41) is 0. The van der Waals surface area contributed by atoms with Gasteiger partial charge in [-0.1, -0.05) is 0 Å². The fraction of sp³-hybridized carbons (Fsp3) is 0.625. The lowest BCUT2D eigenvalue weighted by molar-refractivity contribution is -0.139. The summed E-state index contributed by atoms with van der Waals surface area (Å²) >= 11 is 0. The van der Waals surface area contributed by atoms with Crippen molar-refractivity contribution < 1.29 is 9.59 Å². The third kappa shape index (κ3) is 3.26. The number of rotatable bonds is 3. The summed E-state index contributed by atoms with van der Waals surface area (Å²) < 4.78 is 0.